The molecule has 0 unspecified atom stereocenters. The first kappa shape index (κ1) is 10.4. The molecule has 0 aromatic heterocycles. The van der Waals surface area contributed by atoms with E-state index in [1.54, 1.807) is 11.8 Å². The van der Waals surface area contributed by atoms with Crippen LogP contribution < -0.4 is 0 Å². The molecule has 13 heavy (non-hydrogen) atoms. The summed E-state index contributed by atoms with van der Waals surface area (Å²) in [7, 11) is 0. The molecule has 1 aromatic rings. The summed E-state index contributed by atoms with van der Waals surface area (Å²) in [6.45, 7) is 2.01. The van der Waals surface area contributed by atoms with Gasteiger partial charge in [0.15, 0.2) is 0 Å². The molecule has 3 heteroatoms. The van der Waals surface area contributed by atoms with Gasteiger partial charge in [0.05, 0.1) is 11.6 Å². The van der Waals surface area contributed by atoms with E-state index in [1.807, 2.05) is 25.1 Å². The zero-order valence-electron chi connectivity index (χ0n) is 7.38. The van der Waals surface area contributed by atoms with E-state index in [-0.39, 0.29) is 0 Å². The summed E-state index contributed by atoms with van der Waals surface area (Å²) in [6.07, 6.45) is 0. The maximum absolute atomic E-state index is 8.65. The van der Waals surface area contributed by atoms with Gasteiger partial charge < -0.3 is 0 Å². The van der Waals surface area contributed by atoms with Crippen LogP contribution >= 0.6 is 23.4 Å². The van der Waals surface area contributed by atoms with Crippen molar-refractivity contribution in [3.8, 4) is 6.07 Å². The molecule has 1 aromatic carbocycles. The van der Waals surface area contributed by atoms with Crippen molar-refractivity contribution >= 4 is 23.4 Å². The van der Waals surface area contributed by atoms with Crippen molar-refractivity contribution in [3.05, 3.63) is 29.3 Å². The molecule has 0 atom stereocenters. The number of thioether (sulfide) groups is 1. The van der Waals surface area contributed by atoms with E-state index in [0.29, 0.717) is 11.4 Å². The fraction of sp³-hybridized carbons (Fsp3) is 0.300. The standard InChI is InChI=1S/C10H10ClNS/c1-8-6-9(7-12)2-3-10(8)13-5-4-11/h2-3,6H,4-5H2,1H3. The number of rotatable bonds is 3. The van der Waals surface area contributed by atoms with Gasteiger partial charge in [-0.15, -0.1) is 23.4 Å². The van der Waals surface area contributed by atoms with Gasteiger partial charge in [0.2, 0.25) is 0 Å². The lowest BCUT2D eigenvalue weighted by Crippen LogP contribution is -1.85. The molecule has 0 heterocycles. The second kappa shape index (κ2) is 5.16. The average molecular weight is 212 g/mol. The number of halogens is 1. The van der Waals surface area contributed by atoms with E-state index in [4.69, 9.17) is 16.9 Å². The number of hydrogen-bond acceptors (Lipinski definition) is 2. The minimum Gasteiger partial charge on any atom is -0.192 e. The highest BCUT2D eigenvalue weighted by molar-refractivity contribution is 7.99. The van der Waals surface area contributed by atoms with Crippen LogP contribution in [0.3, 0.4) is 0 Å². The van der Waals surface area contributed by atoms with E-state index >= 15 is 0 Å². The van der Waals surface area contributed by atoms with Crippen LogP contribution in [0.25, 0.3) is 0 Å². The SMILES string of the molecule is Cc1cc(C#N)ccc1SCCCl. The van der Waals surface area contributed by atoms with Crippen molar-refractivity contribution in [3.63, 3.8) is 0 Å². The Bertz CT molecular complexity index is 330. The van der Waals surface area contributed by atoms with Crippen LogP contribution in [0.5, 0.6) is 0 Å². The van der Waals surface area contributed by atoms with Crippen molar-refractivity contribution in [2.45, 2.75) is 11.8 Å². The maximum atomic E-state index is 8.65. The molecule has 0 fully saturated rings. The van der Waals surface area contributed by atoms with Crippen molar-refractivity contribution in [2.24, 2.45) is 0 Å². The van der Waals surface area contributed by atoms with Crippen molar-refractivity contribution < 1.29 is 0 Å². The molecular formula is C10H10ClNS. The van der Waals surface area contributed by atoms with Crippen LogP contribution in [0.1, 0.15) is 11.1 Å². The molecule has 0 amide bonds. The minimum absolute atomic E-state index is 0.657. The molecule has 0 aliphatic carbocycles. The van der Waals surface area contributed by atoms with Gasteiger partial charge in [0, 0.05) is 16.5 Å². The van der Waals surface area contributed by atoms with Crippen molar-refractivity contribution in [1.29, 1.82) is 5.26 Å². The summed E-state index contributed by atoms with van der Waals surface area (Å²) in [5.74, 6) is 1.57. The van der Waals surface area contributed by atoms with Crippen LogP contribution in [0.4, 0.5) is 0 Å². The second-order valence-corrected chi connectivity index (χ2v) is 4.14. The highest BCUT2D eigenvalue weighted by atomic mass is 35.5. The third kappa shape index (κ3) is 2.95. The Morgan fingerprint density at radius 2 is 2.31 bits per heavy atom. The van der Waals surface area contributed by atoms with Crippen LogP contribution in [-0.4, -0.2) is 11.6 Å². The molecule has 0 spiro atoms. The Morgan fingerprint density at radius 1 is 1.54 bits per heavy atom. The van der Waals surface area contributed by atoms with Crippen LogP contribution in [-0.2, 0) is 0 Å². The highest BCUT2D eigenvalue weighted by Gasteiger charge is 1.99. The molecule has 0 saturated carbocycles. The summed E-state index contributed by atoms with van der Waals surface area (Å²) in [5, 5.41) is 8.65. The number of benzene rings is 1. The first-order valence-corrected chi connectivity index (χ1v) is 5.49. The van der Waals surface area contributed by atoms with Gasteiger partial charge >= 0.3 is 0 Å². The summed E-state index contributed by atoms with van der Waals surface area (Å²) < 4.78 is 0. The van der Waals surface area contributed by atoms with Crippen LogP contribution in [0.2, 0.25) is 0 Å². The quantitative estimate of drug-likeness (QED) is 0.567. The predicted octanol–water partition coefficient (Wildman–Crippen LogP) is 3.20. The average Bonchev–Trinajstić information content (AvgIpc) is 2.16. The fourth-order valence-electron chi connectivity index (χ4n) is 1.03. The predicted molar refractivity (Wildman–Crippen MR) is 57.3 cm³/mol. The van der Waals surface area contributed by atoms with E-state index < -0.39 is 0 Å². The third-order valence-corrected chi connectivity index (χ3v) is 3.23. The Hall–Kier alpha value is -0.650. The van der Waals surface area contributed by atoms with E-state index in [9.17, 15) is 0 Å². The molecule has 1 rings (SSSR count). The van der Waals surface area contributed by atoms with Crippen LogP contribution in [0, 0.1) is 18.3 Å². The monoisotopic (exact) mass is 211 g/mol. The fourth-order valence-corrected chi connectivity index (χ4v) is 2.01. The molecule has 0 bridgehead atoms. The van der Waals surface area contributed by atoms with E-state index in [0.717, 1.165) is 11.3 Å². The lowest BCUT2D eigenvalue weighted by atomic mass is 10.2. The van der Waals surface area contributed by atoms with Crippen molar-refractivity contribution in [1.82, 2.24) is 0 Å². The highest BCUT2D eigenvalue weighted by Crippen LogP contribution is 2.22. The normalized spacial score (nSPS) is 9.62. The molecule has 0 radical (unpaired) electrons. The Morgan fingerprint density at radius 3 is 2.85 bits per heavy atom. The maximum Gasteiger partial charge on any atom is 0.0991 e. The van der Waals surface area contributed by atoms with Gasteiger partial charge in [-0.2, -0.15) is 5.26 Å². The van der Waals surface area contributed by atoms with Gasteiger partial charge in [-0.25, -0.2) is 0 Å². The largest absolute Gasteiger partial charge is 0.192 e. The summed E-state index contributed by atoms with van der Waals surface area (Å²) in [5.41, 5.74) is 1.86. The number of nitriles is 1. The molecule has 68 valence electrons. The van der Waals surface area contributed by atoms with Gasteiger partial charge in [-0.05, 0) is 30.7 Å². The van der Waals surface area contributed by atoms with Crippen molar-refractivity contribution in [2.75, 3.05) is 11.6 Å². The molecular weight excluding hydrogens is 202 g/mol. The van der Waals surface area contributed by atoms with Gasteiger partial charge in [-0.1, -0.05) is 0 Å². The third-order valence-electron chi connectivity index (χ3n) is 1.64. The topological polar surface area (TPSA) is 23.8 Å². The second-order valence-electron chi connectivity index (χ2n) is 2.63. The zero-order chi connectivity index (χ0) is 9.68. The summed E-state index contributed by atoms with van der Waals surface area (Å²) >= 11 is 7.31. The first-order chi connectivity index (χ1) is 6.27. The lowest BCUT2D eigenvalue weighted by Gasteiger charge is -2.03. The van der Waals surface area contributed by atoms with Crippen LogP contribution in [0.15, 0.2) is 23.1 Å². The number of aryl methyl sites for hydroxylation is 1. The van der Waals surface area contributed by atoms with Gasteiger partial charge in [0.25, 0.3) is 0 Å². The summed E-state index contributed by atoms with van der Waals surface area (Å²) in [4.78, 5) is 1.21. The Labute approximate surface area is 87.7 Å². The Kier molecular flexibility index (Phi) is 4.14. The molecule has 1 nitrogen and oxygen atoms in total. The number of nitrogens with zero attached hydrogens (tertiary/aromatic N) is 1. The zero-order valence-corrected chi connectivity index (χ0v) is 8.95. The molecule has 0 saturated heterocycles. The minimum atomic E-state index is 0.657. The van der Waals surface area contributed by atoms with Gasteiger partial charge in [0.1, 0.15) is 0 Å². The lowest BCUT2D eigenvalue weighted by molar-refractivity contribution is 1.28. The van der Waals surface area contributed by atoms with E-state index in [2.05, 4.69) is 6.07 Å². The summed E-state index contributed by atoms with van der Waals surface area (Å²) in [6, 6.07) is 7.83. The number of alkyl halides is 1. The molecule has 0 N–H and O–H groups in total. The Balaban J connectivity index is 2.81. The van der Waals surface area contributed by atoms with E-state index in [1.165, 1.54) is 4.90 Å². The molecule has 0 aliphatic heterocycles. The first-order valence-electron chi connectivity index (χ1n) is 3.97. The smallest absolute Gasteiger partial charge is 0.0991 e. The van der Waals surface area contributed by atoms with Gasteiger partial charge in [-0.3, -0.25) is 0 Å². The number of hydrogen-bond donors (Lipinski definition) is 0. The molecule has 0 aliphatic rings.